The Morgan fingerprint density at radius 2 is 2.04 bits per heavy atom. The summed E-state index contributed by atoms with van der Waals surface area (Å²) in [5.41, 5.74) is 1.88. The van der Waals surface area contributed by atoms with Gasteiger partial charge in [-0.3, -0.25) is 0 Å². The van der Waals surface area contributed by atoms with Crippen LogP contribution in [0.15, 0.2) is 57.7 Å². The lowest BCUT2D eigenvalue weighted by atomic mass is 9.83. The summed E-state index contributed by atoms with van der Waals surface area (Å²) < 4.78 is 11.4. The molecule has 4 rings (SSSR count). The van der Waals surface area contributed by atoms with Crippen LogP contribution in [-0.4, -0.2) is 18.2 Å². The van der Waals surface area contributed by atoms with E-state index in [2.05, 4.69) is 0 Å². The van der Waals surface area contributed by atoms with Crippen LogP contribution in [0.2, 0.25) is 0 Å². The van der Waals surface area contributed by atoms with Crippen molar-refractivity contribution in [3.05, 3.63) is 59.1 Å². The lowest BCUT2D eigenvalue weighted by Crippen LogP contribution is -2.18. The first-order valence-electron chi connectivity index (χ1n) is 7.84. The Labute approximate surface area is 134 Å². The molecule has 1 heterocycles. The highest BCUT2D eigenvalue weighted by Gasteiger charge is 2.52. The first-order valence-corrected chi connectivity index (χ1v) is 7.84. The Bertz CT molecular complexity index is 816. The number of carboxylic acids is 1. The zero-order valence-corrected chi connectivity index (χ0v) is 13.0. The number of rotatable bonds is 4. The molecule has 1 saturated carbocycles. The van der Waals surface area contributed by atoms with Crippen LogP contribution in [0.25, 0.3) is 11.0 Å². The minimum absolute atomic E-state index is 0.309. The van der Waals surface area contributed by atoms with E-state index in [0.717, 1.165) is 40.9 Å². The maximum Gasteiger partial charge on any atom is 0.331 e. The number of fused-ring (bicyclic) bond motifs is 1. The van der Waals surface area contributed by atoms with Gasteiger partial charge in [0.2, 0.25) is 0 Å². The van der Waals surface area contributed by atoms with Gasteiger partial charge in [-0.15, -0.1) is 0 Å². The Hall–Kier alpha value is -2.49. The maximum absolute atomic E-state index is 11.7. The zero-order chi connectivity index (χ0) is 16.0. The van der Waals surface area contributed by atoms with Crippen molar-refractivity contribution in [3.63, 3.8) is 0 Å². The Kier molecular flexibility index (Phi) is 3.08. The van der Waals surface area contributed by atoms with Crippen molar-refractivity contribution in [2.45, 2.75) is 31.1 Å². The minimum Gasteiger partial charge on any atom is -0.501 e. The summed E-state index contributed by atoms with van der Waals surface area (Å²) in [5.74, 6) is 0.863. The molecule has 1 aromatic carbocycles. The van der Waals surface area contributed by atoms with Crippen LogP contribution in [0.4, 0.5) is 0 Å². The fraction of sp³-hybridized carbons (Fsp3) is 0.316. The van der Waals surface area contributed by atoms with Crippen LogP contribution in [0.1, 0.15) is 31.4 Å². The molecule has 0 atom stereocenters. The van der Waals surface area contributed by atoms with Gasteiger partial charge in [-0.25, -0.2) is 4.79 Å². The molecule has 2 aliphatic rings. The van der Waals surface area contributed by atoms with E-state index >= 15 is 0 Å². The highest BCUT2D eigenvalue weighted by Crippen LogP contribution is 2.57. The van der Waals surface area contributed by atoms with Crippen LogP contribution >= 0.6 is 0 Å². The van der Waals surface area contributed by atoms with Crippen molar-refractivity contribution < 1.29 is 19.1 Å². The van der Waals surface area contributed by atoms with Gasteiger partial charge in [0.1, 0.15) is 11.3 Å². The number of para-hydroxylation sites is 1. The first kappa shape index (κ1) is 14.1. The third-order valence-electron chi connectivity index (χ3n) is 4.93. The van der Waals surface area contributed by atoms with E-state index in [0.29, 0.717) is 18.4 Å². The van der Waals surface area contributed by atoms with E-state index in [1.165, 1.54) is 0 Å². The molecule has 0 spiro atoms. The van der Waals surface area contributed by atoms with E-state index in [1.807, 2.05) is 36.4 Å². The van der Waals surface area contributed by atoms with Crippen molar-refractivity contribution in [1.29, 1.82) is 0 Å². The topological polar surface area (TPSA) is 59.7 Å². The second kappa shape index (κ2) is 5.01. The van der Waals surface area contributed by atoms with Gasteiger partial charge in [-0.2, -0.15) is 0 Å². The highest BCUT2D eigenvalue weighted by molar-refractivity contribution is 5.90. The monoisotopic (exact) mass is 310 g/mol. The molecule has 0 aliphatic heterocycles. The fourth-order valence-corrected chi connectivity index (χ4v) is 3.50. The molecule has 118 valence electrons. The lowest BCUT2D eigenvalue weighted by molar-refractivity contribution is -0.132. The smallest absolute Gasteiger partial charge is 0.331 e. The number of allylic oxidation sites excluding steroid dienone is 3. The first-order chi connectivity index (χ1) is 11.1. The predicted octanol–water partition coefficient (Wildman–Crippen LogP) is 4.17. The van der Waals surface area contributed by atoms with Gasteiger partial charge in [0, 0.05) is 17.4 Å². The van der Waals surface area contributed by atoms with Gasteiger partial charge in [0.05, 0.1) is 18.3 Å². The molecule has 2 aromatic rings. The molecule has 1 aromatic heterocycles. The van der Waals surface area contributed by atoms with Crippen molar-refractivity contribution >= 4 is 16.9 Å². The van der Waals surface area contributed by atoms with Crippen molar-refractivity contribution in [2.75, 3.05) is 7.11 Å². The van der Waals surface area contributed by atoms with Gasteiger partial charge in [-0.1, -0.05) is 18.2 Å². The Morgan fingerprint density at radius 3 is 2.70 bits per heavy atom. The Morgan fingerprint density at radius 1 is 1.26 bits per heavy atom. The Balaban J connectivity index is 1.86. The summed E-state index contributed by atoms with van der Waals surface area (Å²) in [6.07, 6.45) is 4.87. The maximum atomic E-state index is 11.7. The molecular formula is C19H18O4. The van der Waals surface area contributed by atoms with E-state index in [4.69, 9.17) is 9.15 Å². The molecule has 4 heteroatoms. The van der Waals surface area contributed by atoms with Crippen molar-refractivity contribution in [3.8, 4) is 0 Å². The number of carbonyl (C=O) groups is 1. The molecule has 1 N–H and O–H groups in total. The van der Waals surface area contributed by atoms with Crippen LogP contribution in [0.3, 0.4) is 0 Å². The quantitative estimate of drug-likeness (QED) is 0.920. The summed E-state index contributed by atoms with van der Waals surface area (Å²) in [6, 6.07) is 9.93. The van der Waals surface area contributed by atoms with Crippen molar-refractivity contribution in [2.24, 2.45) is 0 Å². The van der Waals surface area contributed by atoms with E-state index in [-0.39, 0.29) is 5.41 Å². The van der Waals surface area contributed by atoms with Gasteiger partial charge < -0.3 is 14.3 Å². The van der Waals surface area contributed by atoms with Crippen LogP contribution in [0, 0.1) is 0 Å². The second-order valence-corrected chi connectivity index (χ2v) is 6.24. The van der Waals surface area contributed by atoms with E-state index < -0.39 is 5.97 Å². The summed E-state index contributed by atoms with van der Waals surface area (Å²) >= 11 is 0. The van der Waals surface area contributed by atoms with Crippen LogP contribution in [0.5, 0.6) is 0 Å². The molecule has 0 saturated heterocycles. The van der Waals surface area contributed by atoms with Crippen LogP contribution < -0.4 is 0 Å². The number of benzene rings is 1. The second-order valence-electron chi connectivity index (χ2n) is 6.24. The van der Waals surface area contributed by atoms with Gasteiger partial charge in [-0.05, 0) is 43.0 Å². The molecule has 4 nitrogen and oxygen atoms in total. The van der Waals surface area contributed by atoms with Gasteiger partial charge >= 0.3 is 5.97 Å². The minimum atomic E-state index is -0.839. The third-order valence-corrected chi connectivity index (χ3v) is 4.93. The number of hydrogen-bond acceptors (Lipinski definition) is 3. The largest absolute Gasteiger partial charge is 0.501 e. The predicted molar refractivity (Wildman–Crippen MR) is 86.1 cm³/mol. The number of furan rings is 1. The average Bonchev–Trinajstić information content (AvgIpc) is 3.26. The molecule has 0 unspecified atom stereocenters. The molecular weight excluding hydrogens is 292 g/mol. The SMILES string of the molecule is COC1=CC(C2(c3cc4ccccc4o3)CC2)=C(C(=O)O)CC1. The highest BCUT2D eigenvalue weighted by atomic mass is 16.5. The molecule has 23 heavy (non-hydrogen) atoms. The lowest BCUT2D eigenvalue weighted by Gasteiger charge is -2.23. The number of hydrogen-bond donors (Lipinski definition) is 1. The summed E-state index contributed by atoms with van der Waals surface area (Å²) in [7, 11) is 1.63. The van der Waals surface area contributed by atoms with E-state index in [1.54, 1.807) is 7.11 Å². The number of carboxylic acid groups (broad SMARTS) is 1. The fourth-order valence-electron chi connectivity index (χ4n) is 3.50. The summed E-state index contributed by atoms with van der Waals surface area (Å²) in [4.78, 5) is 11.7. The number of ether oxygens (including phenoxy) is 1. The molecule has 0 amide bonds. The number of aliphatic carboxylic acids is 1. The molecule has 0 bridgehead atoms. The molecule has 0 radical (unpaired) electrons. The molecule has 2 aliphatic carbocycles. The van der Waals surface area contributed by atoms with E-state index in [9.17, 15) is 9.90 Å². The average molecular weight is 310 g/mol. The normalized spacial score (nSPS) is 19.6. The van der Waals surface area contributed by atoms with Crippen LogP contribution in [-0.2, 0) is 14.9 Å². The summed E-state index contributed by atoms with van der Waals surface area (Å²) in [6.45, 7) is 0. The molecule has 1 fully saturated rings. The standard InChI is InChI=1S/C19H18O4/c1-22-13-6-7-14(18(20)21)15(11-13)19(8-9-19)17-10-12-4-2-3-5-16(12)23-17/h2-5,10-11H,6-9H2,1H3,(H,20,21). The van der Waals surface area contributed by atoms with Gasteiger partial charge in [0.15, 0.2) is 0 Å². The van der Waals surface area contributed by atoms with Gasteiger partial charge in [0.25, 0.3) is 0 Å². The third kappa shape index (κ3) is 2.17. The van der Waals surface area contributed by atoms with Crippen molar-refractivity contribution in [1.82, 2.24) is 0 Å². The number of methoxy groups -OCH3 is 1. The zero-order valence-electron chi connectivity index (χ0n) is 13.0. The summed E-state index contributed by atoms with van der Waals surface area (Å²) in [5, 5.41) is 10.6.